The van der Waals surface area contributed by atoms with Crippen LogP contribution in [0.3, 0.4) is 0 Å². The standard InChI is InChI=1S/C30H31N3O4/c1-20-7-10-23(31-30(34)22-8-11-27-28(17-22)36-16-15-35-27)18-26(20)33-25-6-4-3-5-21(25)9-12-29(33)37-24-13-14-32(2)19-24/h3-12,17-18,24,29H,13-16,19H2,1-2H3,(H,31,34)/t24?,29-/m1/s1. The first-order chi connectivity index (χ1) is 18.0. The molecular weight excluding hydrogens is 466 g/mol. The third kappa shape index (κ3) is 4.80. The number of ether oxygens (including phenoxy) is 3. The van der Waals surface area contributed by atoms with E-state index in [0.29, 0.717) is 36.0 Å². The minimum absolute atomic E-state index is 0.172. The number of carbonyl (C=O) groups is 1. The Morgan fingerprint density at radius 3 is 2.68 bits per heavy atom. The van der Waals surface area contributed by atoms with E-state index in [1.165, 1.54) is 0 Å². The van der Waals surface area contributed by atoms with Crippen LogP contribution in [0.15, 0.2) is 66.7 Å². The van der Waals surface area contributed by atoms with Crippen LogP contribution in [-0.4, -0.2) is 56.5 Å². The third-order valence-corrected chi connectivity index (χ3v) is 7.10. The number of nitrogens with zero attached hydrogens (tertiary/aromatic N) is 2. The Bertz CT molecular complexity index is 1350. The Kier molecular flexibility index (Phi) is 6.32. The summed E-state index contributed by atoms with van der Waals surface area (Å²) in [5, 5.41) is 3.06. The van der Waals surface area contributed by atoms with Crippen LogP contribution in [0, 0.1) is 6.92 Å². The highest BCUT2D eigenvalue weighted by Gasteiger charge is 2.30. The molecule has 3 aliphatic rings. The molecule has 190 valence electrons. The predicted molar refractivity (Wildman–Crippen MR) is 145 cm³/mol. The number of likely N-dealkylation sites (N-methyl/N-ethyl adjacent to an activating group) is 1. The fourth-order valence-electron chi connectivity index (χ4n) is 5.17. The smallest absolute Gasteiger partial charge is 0.255 e. The van der Waals surface area contributed by atoms with Crippen LogP contribution in [0.4, 0.5) is 17.1 Å². The number of aryl methyl sites for hydroxylation is 1. The van der Waals surface area contributed by atoms with Crippen LogP contribution in [0.2, 0.25) is 0 Å². The summed E-state index contributed by atoms with van der Waals surface area (Å²) >= 11 is 0. The van der Waals surface area contributed by atoms with Gasteiger partial charge >= 0.3 is 0 Å². The molecule has 37 heavy (non-hydrogen) atoms. The second-order valence-corrected chi connectivity index (χ2v) is 9.80. The third-order valence-electron chi connectivity index (χ3n) is 7.10. The minimum atomic E-state index is -0.242. The quantitative estimate of drug-likeness (QED) is 0.521. The van der Waals surface area contributed by atoms with E-state index >= 15 is 0 Å². The van der Waals surface area contributed by atoms with Gasteiger partial charge in [0.2, 0.25) is 0 Å². The first-order valence-corrected chi connectivity index (χ1v) is 12.8. The first kappa shape index (κ1) is 23.6. The lowest BCUT2D eigenvalue weighted by molar-refractivity contribution is 0.0240. The van der Waals surface area contributed by atoms with Crippen molar-refractivity contribution in [1.29, 1.82) is 0 Å². The number of carbonyl (C=O) groups excluding carboxylic acids is 1. The van der Waals surface area contributed by atoms with Crippen molar-refractivity contribution in [3.8, 4) is 11.5 Å². The summed E-state index contributed by atoms with van der Waals surface area (Å²) < 4.78 is 17.9. The number of nitrogens with one attached hydrogen (secondary N) is 1. The number of likely N-dealkylation sites (tertiary alicyclic amines) is 1. The van der Waals surface area contributed by atoms with Gasteiger partial charge in [-0.2, -0.15) is 0 Å². The molecule has 3 aliphatic heterocycles. The van der Waals surface area contributed by atoms with Crippen LogP contribution in [0.1, 0.15) is 27.9 Å². The molecular formula is C30H31N3O4. The number of hydrogen-bond donors (Lipinski definition) is 1. The van der Waals surface area contributed by atoms with Crippen molar-refractivity contribution in [3.63, 3.8) is 0 Å². The van der Waals surface area contributed by atoms with Crippen LogP contribution in [0.5, 0.6) is 11.5 Å². The summed E-state index contributed by atoms with van der Waals surface area (Å²) in [5.41, 5.74) is 5.54. The molecule has 0 aliphatic carbocycles. The van der Waals surface area contributed by atoms with Crippen molar-refractivity contribution >= 4 is 29.0 Å². The molecule has 7 heteroatoms. The van der Waals surface area contributed by atoms with Gasteiger partial charge in [-0.15, -0.1) is 0 Å². The fourth-order valence-corrected chi connectivity index (χ4v) is 5.17. The monoisotopic (exact) mass is 497 g/mol. The SMILES string of the molecule is Cc1ccc(NC(=O)c2ccc3c(c2)OCCO3)cc1N1c2ccccc2C=C[C@H]1OC1CCN(C)C1. The molecule has 1 fully saturated rings. The predicted octanol–water partition coefficient (Wildman–Crippen LogP) is 5.23. The van der Waals surface area contributed by atoms with Gasteiger partial charge < -0.3 is 29.3 Å². The summed E-state index contributed by atoms with van der Waals surface area (Å²) in [6, 6.07) is 19.6. The molecule has 0 aromatic heterocycles. The first-order valence-electron chi connectivity index (χ1n) is 12.8. The van der Waals surface area contributed by atoms with Crippen molar-refractivity contribution in [1.82, 2.24) is 4.90 Å². The Morgan fingerprint density at radius 1 is 1.00 bits per heavy atom. The Balaban J connectivity index is 1.30. The zero-order valence-corrected chi connectivity index (χ0v) is 21.1. The average molecular weight is 498 g/mol. The molecule has 0 spiro atoms. The number of fused-ring (bicyclic) bond motifs is 2. The van der Waals surface area contributed by atoms with Crippen molar-refractivity contribution in [3.05, 3.63) is 83.4 Å². The second-order valence-electron chi connectivity index (χ2n) is 9.80. The maximum Gasteiger partial charge on any atom is 0.255 e. The van der Waals surface area contributed by atoms with Gasteiger partial charge in [0.1, 0.15) is 13.2 Å². The molecule has 3 aromatic carbocycles. The van der Waals surface area contributed by atoms with Crippen LogP contribution in [-0.2, 0) is 4.74 Å². The van der Waals surface area contributed by atoms with Crippen LogP contribution >= 0.6 is 0 Å². The largest absolute Gasteiger partial charge is 0.486 e. The van der Waals surface area contributed by atoms with E-state index in [0.717, 1.165) is 42.0 Å². The fraction of sp³-hybridized carbons (Fsp3) is 0.300. The van der Waals surface area contributed by atoms with E-state index in [4.69, 9.17) is 14.2 Å². The summed E-state index contributed by atoms with van der Waals surface area (Å²) in [7, 11) is 2.13. The second kappa shape index (κ2) is 9.92. The van der Waals surface area contributed by atoms with Crippen LogP contribution < -0.4 is 19.7 Å². The number of para-hydroxylation sites is 1. The van der Waals surface area contributed by atoms with Crippen molar-refractivity contribution in [2.45, 2.75) is 25.7 Å². The van der Waals surface area contributed by atoms with E-state index in [-0.39, 0.29) is 18.2 Å². The van der Waals surface area contributed by atoms with Gasteiger partial charge in [-0.1, -0.05) is 30.3 Å². The number of benzene rings is 3. The number of rotatable bonds is 5. The molecule has 1 saturated heterocycles. The molecule has 0 radical (unpaired) electrons. The molecule has 0 bridgehead atoms. The Hall–Kier alpha value is -3.81. The summed E-state index contributed by atoms with van der Waals surface area (Å²) in [4.78, 5) is 17.7. The average Bonchev–Trinajstić information content (AvgIpc) is 3.33. The lowest BCUT2D eigenvalue weighted by Crippen LogP contribution is -2.38. The number of anilines is 3. The zero-order valence-electron chi connectivity index (χ0n) is 21.1. The minimum Gasteiger partial charge on any atom is -0.486 e. The number of amides is 1. The molecule has 1 N–H and O–H groups in total. The van der Waals surface area contributed by atoms with Gasteiger partial charge in [0.25, 0.3) is 5.91 Å². The number of hydrogen-bond acceptors (Lipinski definition) is 6. The topological polar surface area (TPSA) is 63.3 Å². The lowest BCUT2D eigenvalue weighted by Gasteiger charge is -2.37. The molecule has 6 rings (SSSR count). The van der Waals surface area contributed by atoms with E-state index in [9.17, 15) is 4.79 Å². The zero-order chi connectivity index (χ0) is 25.4. The van der Waals surface area contributed by atoms with Gasteiger partial charge in [0.05, 0.1) is 11.8 Å². The summed E-state index contributed by atoms with van der Waals surface area (Å²) in [6.45, 7) is 5.04. The lowest BCUT2D eigenvalue weighted by atomic mass is 10.0. The van der Waals surface area contributed by atoms with Gasteiger partial charge in [0.15, 0.2) is 17.7 Å². The van der Waals surface area contributed by atoms with Gasteiger partial charge in [0, 0.05) is 30.0 Å². The van der Waals surface area contributed by atoms with E-state index < -0.39 is 0 Å². The Labute approximate surface area is 217 Å². The molecule has 7 nitrogen and oxygen atoms in total. The van der Waals surface area contributed by atoms with Crippen molar-refractivity contribution in [2.24, 2.45) is 0 Å². The molecule has 3 heterocycles. The molecule has 2 atom stereocenters. The van der Waals surface area contributed by atoms with Gasteiger partial charge in [-0.25, -0.2) is 0 Å². The maximum atomic E-state index is 13.1. The highest BCUT2D eigenvalue weighted by Crippen LogP contribution is 2.39. The van der Waals surface area contributed by atoms with Crippen LogP contribution in [0.25, 0.3) is 6.08 Å². The summed E-state index contributed by atoms with van der Waals surface area (Å²) in [5.74, 6) is 1.06. The maximum absolute atomic E-state index is 13.1. The molecule has 3 aromatic rings. The highest BCUT2D eigenvalue weighted by atomic mass is 16.6. The van der Waals surface area contributed by atoms with Crippen molar-refractivity contribution < 1.29 is 19.0 Å². The Morgan fingerprint density at radius 2 is 1.84 bits per heavy atom. The van der Waals surface area contributed by atoms with E-state index in [1.807, 2.05) is 30.3 Å². The molecule has 1 amide bonds. The van der Waals surface area contributed by atoms with Crippen molar-refractivity contribution in [2.75, 3.05) is 43.6 Å². The van der Waals surface area contributed by atoms with Gasteiger partial charge in [-0.3, -0.25) is 4.79 Å². The highest BCUT2D eigenvalue weighted by molar-refractivity contribution is 6.05. The van der Waals surface area contributed by atoms with Gasteiger partial charge in [-0.05, 0) is 74.0 Å². The van der Waals surface area contributed by atoms with E-state index in [1.54, 1.807) is 18.2 Å². The molecule has 1 unspecified atom stereocenters. The normalized spacial score (nSPS) is 20.5. The summed E-state index contributed by atoms with van der Waals surface area (Å²) in [6.07, 6.45) is 5.21. The molecule has 0 saturated carbocycles. The van der Waals surface area contributed by atoms with E-state index in [2.05, 4.69) is 53.4 Å².